The first kappa shape index (κ1) is 39.2. The van der Waals surface area contributed by atoms with Crippen molar-refractivity contribution in [2.75, 3.05) is 0 Å². The first-order valence-electron chi connectivity index (χ1n) is 23.8. The Bertz CT molecular complexity index is 3810. The van der Waals surface area contributed by atoms with E-state index >= 15 is 0 Å². The van der Waals surface area contributed by atoms with Crippen LogP contribution in [0.1, 0.15) is 22.3 Å². The average Bonchev–Trinajstić information content (AvgIpc) is 3.67. The van der Waals surface area contributed by atoms with Crippen LogP contribution in [0.4, 0.5) is 0 Å². The normalized spacial score (nSPS) is 12.8. The van der Waals surface area contributed by atoms with Crippen molar-refractivity contribution in [1.29, 1.82) is 0 Å². The fourth-order valence-corrected chi connectivity index (χ4v) is 11.7. The Morgan fingerprint density at radius 2 is 0.580 bits per heavy atom. The van der Waals surface area contributed by atoms with Crippen molar-refractivity contribution in [3.63, 3.8) is 0 Å². The standard InChI is InChI=1S/C67H42N2/c1-3-19-50-43(15-1)17-13-26-52(50)45-31-35-47(36-32-45)64-42-65(48-37-33-46(34-38-48)53-27-14-18-44-16-2-4-20-51(44)53)69-66(68-64)49-39-40-59-55-22-6-5-21-54(55)56-23-7-10-28-60(56)67(63(59)41-49)61-29-11-8-24-57(61)58-25-9-12-30-62(58)67/h1-42H. The van der Waals surface area contributed by atoms with E-state index in [1.54, 1.807) is 0 Å². The summed E-state index contributed by atoms with van der Waals surface area (Å²) in [6.07, 6.45) is 0. The highest BCUT2D eigenvalue weighted by atomic mass is 14.9. The molecule has 0 N–H and O–H groups in total. The van der Waals surface area contributed by atoms with Crippen molar-refractivity contribution in [2.45, 2.75) is 5.41 Å². The molecule has 0 saturated carbocycles. The van der Waals surface area contributed by atoms with E-state index in [2.05, 4.69) is 255 Å². The van der Waals surface area contributed by atoms with Gasteiger partial charge in [0.15, 0.2) is 5.82 Å². The smallest absolute Gasteiger partial charge is 0.160 e. The van der Waals surface area contributed by atoms with Crippen LogP contribution in [0.15, 0.2) is 255 Å². The Labute approximate surface area is 401 Å². The number of hydrogen-bond acceptors (Lipinski definition) is 2. The van der Waals surface area contributed by atoms with Crippen LogP contribution in [0.3, 0.4) is 0 Å². The van der Waals surface area contributed by atoms with Gasteiger partial charge in [0.2, 0.25) is 0 Å². The van der Waals surface area contributed by atoms with Gasteiger partial charge in [0.05, 0.1) is 16.8 Å². The first-order valence-corrected chi connectivity index (χ1v) is 23.8. The Balaban J connectivity index is 0.984. The Morgan fingerprint density at radius 1 is 0.232 bits per heavy atom. The van der Waals surface area contributed by atoms with Crippen molar-refractivity contribution in [1.82, 2.24) is 9.97 Å². The third-order valence-electron chi connectivity index (χ3n) is 14.8. The van der Waals surface area contributed by atoms with Crippen molar-refractivity contribution >= 4 is 21.5 Å². The molecule has 69 heavy (non-hydrogen) atoms. The summed E-state index contributed by atoms with van der Waals surface area (Å²) in [5.74, 6) is 0.682. The lowest BCUT2D eigenvalue weighted by Gasteiger charge is -2.35. The summed E-state index contributed by atoms with van der Waals surface area (Å²) in [6.45, 7) is 0. The lowest BCUT2D eigenvalue weighted by Crippen LogP contribution is -2.29. The number of benzene rings is 11. The average molecular weight is 875 g/mol. The summed E-state index contributed by atoms with van der Waals surface area (Å²) < 4.78 is 0. The van der Waals surface area contributed by atoms with Crippen LogP contribution < -0.4 is 0 Å². The van der Waals surface area contributed by atoms with E-state index in [4.69, 9.17) is 9.97 Å². The van der Waals surface area contributed by atoms with Crippen molar-refractivity contribution in [3.05, 3.63) is 277 Å². The number of nitrogens with zero attached hydrogens (tertiary/aromatic N) is 2. The molecule has 1 aromatic heterocycles. The molecular weight excluding hydrogens is 833 g/mol. The maximum absolute atomic E-state index is 5.50. The molecule has 1 heterocycles. The van der Waals surface area contributed by atoms with Gasteiger partial charge in [-0.2, -0.15) is 0 Å². The van der Waals surface area contributed by atoms with Gasteiger partial charge in [-0.05, 0) is 112 Å². The predicted octanol–water partition coefficient (Wildman–Crippen LogP) is 17.1. The molecule has 0 atom stereocenters. The van der Waals surface area contributed by atoms with E-state index in [1.165, 1.54) is 99.4 Å². The molecule has 11 aromatic carbocycles. The topological polar surface area (TPSA) is 25.8 Å². The Kier molecular flexibility index (Phi) is 8.84. The van der Waals surface area contributed by atoms with Gasteiger partial charge in [0.1, 0.15) is 0 Å². The van der Waals surface area contributed by atoms with Crippen LogP contribution in [-0.4, -0.2) is 9.97 Å². The van der Waals surface area contributed by atoms with Crippen molar-refractivity contribution in [2.24, 2.45) is 0 Å². The molecule has 1 spiro atoms. The molecule has 0 aliphatic heterocycles. The Hall–Kier alpha value is -8.98. The molecule has 2 nitrogen and oxygen atoms in total. The van der Waals surface area contributed by atoms with Crippen molar-refractivity contribution < 1.29 is 0 Å². The molecule has 12 aromatic rings. The van der Waals surface area contributed by atoms with E-state index in [0.717, 1.165) is 28.1 Å². The lowest BCUT2D eigenvalue weighted by molar-refractivity contribution is 0.775. The molecule has 0 saturated heterocycles. The van der Waals surface area contributed by atoms with E-state index in [-0.39, 0.29) is 0 Å². The zero-order valence-electron chi connectivity index (χ0n) is 37.6. The summed E-state index contributed by atoms with van der Waals surface area (Å²) in [5.41, 5.74) is 21.5. The second kappa shape index (κ2) is 15.6. The number of fused-ring (bicyclic) bond motifs is 14. The molecule has 0 radical (unpaired) electrons. The minimum absolute atomic E-state index is 0.608. The van der Waals surface area contributed by atoms with E-state index in [1.807, 2.05) is 0 Å². The van der Waals surface area contributed by atoms with Gasteiger partial charge in [-0.15, -0.1) is 0 Å². The number of aromatic nitrogens is 2. The first-order chi connectivity index (χ1) is 34.2. The molecule has 320 valence electrons. The van der Waals surface area contributed by atoms with Gasteiger partial charge >= 0.3 is 0 Å². The van der Waals surface area contributed by atoms with Gasteiger partial charge in [0.25, 0.3) is 0 Å². The van der Waals surface area contributed by atoms with E-state index < -0.39 is 5.41 Å². The predicted molar refractivity (Wildman–Crippen MR) is 286 cm³/mol. The van der Waals surface area contributed by atoms with Crippen LogP contribution in [0, 0.1) is 0 Å². The number of rotatable bonds is 5. The van der Waals surface area contributed by atoms with Gasteiger partial charge in [-0.3, -0.25) is 0 Å². The largest absolute Gasteiger partial charge is 0.228 e. The molecule has 0 amide bonds. The highest BCUT2D eigenvalue weighted by Gasteiger charge is 2.49. The second-order valence-electron chi connectivity index (χ2n) is 18.4. The number of hydrogen-bond donors (Lipinski definition) is 0. The van der Waals surface area contributed by atoms with Crippen LogP contribution in [0.25, 0.3) is 111 Å². The minimum atomic E-state index is -0.608. The summed E-state index contributed by atoms with van der Waals surface area (Å²) in [5, 5.41) is 4.94. The molecule has 14 rings (SSSR count). The van der Waals surface area contributed by atoms with Crippen molar-refractivity contribution in [3.8, 4) is 89.5 Å². The highest BCUT2D eigenvalue weighted by molar-refractivity contribution is 6.00. The summed E-state index contributed by atoms with van der Waals surface area (Å²) in [7, 11) is 0. The van der Waals surface area contributed by atoms with Gasteiger partial charge in [-0.1, -0.05) is 243 Å². The van der Waals surface area contributed by atoms with E-state index in [9.17, 15) is 0 Å². The van der Waals surface area contributed by atoms with Gasteiger partial charge in [-0.25, -0.2) is 9.97 Å². The molecule has 0 fully saturated rings. The quantitative estimate of drug-likeness (QED) is 0.172. The fraction of sp³-hybridized carbons (Fsp3) is 0.0149. The second-order valence-corrected chi connectivity index (χ2v) is 18.4. The third-order valence-corrected chi connectivity index (χ3v) is 14.8. The van der Waals surface area contributed by atoms with Crippen LogP contribution in [-0.2, 0) is 5.41 Å². The fourth-order valence-electron chi connectivity index (χ4n) is 11.7. The molecule has 2 heteroatoms. The Morgan fingerprint density at radius 3 is 1.07 bits per heavy atom. The third kappa shape index (κ3) is 6.06. The highest BCUT2D eigenvalue weighted by Crippen LogP contribution is 2.61. The van der Waals surface area contributed by atoms with Gasteiger partial charge in [0, 0.05) is 16.7 Å². The van der Waals surface area contributed by atoms with E-state index in [0.29, 0.717) is 5.82 Å². The van der Waals surface area contributed by atoms with Crippen LogP contribution in [0.2, 0.25) is 0 Å². The molecule has 2 aliphatic carbocycles. The maximum atomic E-state index is 5.50. The zero-order chi connectivity index (χ0) is 45.5. The molecule has 0 bridgehead atoms. The summed E-state index contributed by atoms with van der Waals surface area (Å²) >= 11 is 0. The minimum Gasteiger partial charge on any atom is -0.228 e. The molecule has 0 unspecified atom stereocenters. The van der Waals surface area contributed by atoms with Crippen LogP contribution >= 0.6 is 0 Å². The lowest BCUT2D eigenvalue weighted by atomic mass is 9.65. The maximum Gasteiger partial charge on any atom is 0.160 e. The zero-order valence-corrected chi connectivity index (χ0v) is 37.6. The van der Waals surface area contributed by atoms with Crippen LogP contribution in [0.5, 0.6) is 0 Å². The monoisotopic (exact) mass is 874 g/mol. The summed E-state index contributed by atoms with van der Waals surface area (Å²) in [4.78, 5) is 11.0. The molecule has 2 aliphatic rings. The SMILES string of the molecule is c1ccc2c(c1)-c1ccccc1C1(c3cc(-c4nc(-c5ccc(-c6cccc7ccccc67)cc5)cc(-c5ccc(-c6cccc7ccccc67)cc5)n4)ccc3-2)c2ccccc2-c2ccccc21. The summed E-state index contributed by atoms with van der Waals surface area (Å²) in [6, 6.07) is 93.2. The van der Waals surface area contributed by atoms with Gasteiger partial charge < -0.3 is 0 Å². The molecular formula is C67H42N2.